The Morgan fingerprint density at radius 2 is 0.942 bits per heavy atom. The van der Waals surface area contributed by atoms with Gasteiger partial charge in [-0.15, -0.1) is 0 Å². The van der Waals surface area contributed by atoms with Gasteiger partial charge in [0, 0.05) is 28.3 Å². The highest BCUT2D eigenvalue weighted by Gasteiger charge is 2.42. The van der Waals surface area contributed by atoms with Crippen molar-refractivity contribution in [3.8, 4) is 80.1 Å². The number of carbonyl (C=O) groups is 7. The minimum Gasteiger partial charge on any atom is -0.508 e. The largest absolute Gasteiger partial charge is 0.508 e. The summed E-state index contributed by atoms with van der Waals surface area (Å²) in [6.45, 7) is 1.42. The molecule has 0 saturated carbocycles. The van der Waals surface area contributed by atoms with E-state index in [-0.39, 0.29) is 78.6 Å². The molecule has 6 aliphatic rings. The number of hydrogen-bond acceptors (Lipinski definition) is 20. The molecular weight excluding hydrogens is 1120 g/mol. The Morgan fingerprint density at radius 3 is 1.53 bits per heavy atom. The van der Waals surface area contributed by atoms with Gasteiger partial charge in [0.2, 0.25) is 41.2 Å². The van der Waals surface area contributed by atoms with Crippen LogP contribution in [-0.4, -0.2) is 101 Å². The number of nitrogens with two attached hydrogens (primary N) is 1. The molecule has 26 heteroatoms. The van der Waals surface area contributed by atoms with Crippen molar-refractivity contribution in [2.24, 2.45) is 5.73 Å². The molecule has 9 atom stereocenters. The molecule has 0 aromatic heterocycles. The molecule has 0 saturated heterocycles. The maximum atomic E-state index is 15.7. The summed E-state index contributed by atoms with van der Waals surface area (Å²) in [7, 11) is 0.974. The highest BCUT2D eigenvalue weighted by Crippen LogP contribution is 2.47. The van der Waals surface area contributed by atoms with Crippen LogP contribution in [0.1, 0.15) is 86.9 Å². The summed E-state index contributed by atoms with van der Waals surface area (Å²) >= 11 is 0. The van der Waals surface area contributed by atoms with Gasteiger partial charge in [-0.3, -0.25) is 28.8 Å². The summed E-state index contributed by atoms with van der Waals surface area (Å²) in [6, 6.07) is 10.1. The van der Waals surface area contributed by atoms with Crippen molar-refractivity contribution in [1.82, 2.24) is 31.9 Å². The standard InChI is InChI=1S/C60H51N7O19/c1-23-37(71)16-28-18-39(23)86-40-17-26(7-14-36(40)70)44(61)54(76)66-49-51(73)24-3-9-31(10-4-24)84-41-19-29-20-42(53(41)75)85-32-11-5-25(6-12-32)52(74)50-59(81)65-48(60(82)83-2)34-21-30(68)22-38(72)43(34)33-15-27(8-13-35(33)69)45(55(77)67-50)62-57(79)47(29)63-56(78)46(28)64-58(49)80/h3-22,44-52,68-75H,61H2,1-2H3,(H,62,79)(H,63,78)(H,64,80)(H,65,81)(H,66,76)(H,67,77)/t44-,45-,46+,47-,48+,49+,50+,51-,52-/m1/s1. The first-order chi connectivity index (χ1) is 41.0. The van der Waals surface area contributed by atoms with E-state index in [1.165, 1.54) is 79.7 Å². The monoisotopic (exact) mass is 1170 g/mol. The fraction of sp³-hybridized carbons (Fsp3) is 0.183. The minimum atomic E-state index is -2.14. The Balaban J connectivity index is 1.14. The van der Waals surface area contributed by atoms with Crippen LogP contribution < -0.4 is 51.8 Å². The molecule has 16 N–H and O–H groups in total. The van der Waals surface area contributed by atoms with Crippen molar-refractivity contribution < 1.29 is 93.4 Å². The van der Waals surface area contributed by atoms with Crippen LogP contribution in [0.4, 0.5) is 0 Å². The van der Waals surface area contributed by atoms with Crippen LogP contribution in [0.15, 0.2) is 121 Å². The van der Waals surface area contributed by atoms with Gasteiger partial charge >= 0.3 is 5.97 Å². The van der Waals surface area contributed by atoms with E-state index in [2.05, 4.69) is 31.9 Å². The number of phenolic OH excluding ortho intramolecular Hbond substituents is 6. The number of aliphatic hydroxyl groups excluding tert-OH is 2. The molecule has 6 heterocycles. The number of rotatable bonds is 1. The molecule has 6 amide bonds. The van der Waals surface area contributed by atoms with E-state index in [0.717, 1.165) is 55.6 Å². The first-order valence-corrected chi connectivity index (χ1v) is 26.2. The summed E-state index contributed by atoms with van der Waals surface area (Å²) in [5.41, 5.74) is 4.64. The SMILES string of the molecule is COC(=O)[C@H]1NC(=O)[C@H]2NC(=O)[C@H](NC(=O)[C@@H]3NC(=O)[C@H]4NC(=O)[C@@H](NC(=O)[C@H](N)c5ccc(O)c(c5)Oc5cc4cc(O)c5C)[C@H](O)c4ccc(cc4)Oc4cc3cc(c4O)Oc3ccc(cc3)[C@H]2O)c2ccc(O)c(c2)-c2c(O)cc(O)cc21. The van der Waals surface area contributed by atoms with Gasteiger partial charge in [0.15, 0.2) is 29.0 Å². The lowest BCUT2D eigenvalue weighted by molar-refractivity contribution is -0.146. The highest BCUT2D eigenvalue weighted by molar-refractivity contribution is 6.00. The molecule has 6 aliphatic heterocycles. The molecular formula is C60H51N7O19. The molecule has 13 rings (SSSR count). The Bertz CT molecular complexity index is 3990. The van der Waals surface area contributed by atoms with Crippen LogP contribution >= 0.6 is 0 Å². The molecule has 440 valence electrons. The first kappa shape index (κ1) is 56.8. The molecule has 0 radical (unpaired) electrons. The van der Waals surface area contributed by atoms with Gasteiger partial charge in [0.1, 0.15) is 88.7 Å². The van der Waals surface area contributed by atoms with Crippen LogP contribution in [0.3, 0.4) is 0 Å². The van der Waals surface area contributed by atoms with Crippen molar-refractivity contribution in [2.75, 3.05) is 7.11 Å². The van der Waals surface area contributed by atoms with E-state index >= 15 is 14.4 Å². The predicted molar refractivity (Wildman–Crippen MR) is 295 cm³/mol. The third-order valence-electron chi connectivity index (χ3n) is 15.1. The van der Waals surface area contributed by atoms with Crippen LogP contribution in [0.25, 0.3) is 11.1 Å². The topological polar surface area (TPSA) is 416 Å². The summed E-state index contributed by atoms with van der Waals surface area (Å²) in [5, 5.41) is 107. The molecule has 86 heavy (non-hydrogen) atoms. The number of aromatic hydroxyl groups is 6. The second-order valence-corrected chi connectivity index (χ2v) is 20.5. The van der Waals surface area contributed by atoms with Crippen molar-refractivity contribution >= 4 is 41.4 Å². The molecule has 7 aromatic rings. The Labute approximate surface area is 485 Å². The first-order valence-electron chi connectivity index (χ1n) is 26.2. The molecule has 0 fully saturated rings. The van der Waals surface area contributed by atoms with Crippen molar-refractivity contribution in [3.05, 3.63) is 166 Å². The van der Waals surface area contributed by atoms with Gasteiger partial charge < -0.3 is 97.4 Å². The van der Waals surface area contributed by atoms with Gasteiger partial charge in [-0.2, -0.15) is 0 Å². The Hall–Kier alpha value is -11.1. The average molecular weight is 1170 g/mol. The van der Waals surface area contributed by atoms with E-state index in [4.69, 9.17) is 24.7 Å². The quantitative estimate of drug-likeness (QED) is 0.104. The van der Waals surface area contributed by atoms with E-state index < -0.39 is 142 Å². The number of ether oxygens (including phenoxy) is 4. The average Bonchev–Trinajstić information content (AvgIpc) is 2.08. The number of phenols is 6. The number of fused-ring (bicyclic) bond motifs is 14. The maximum absolute atomic E-state index is 15.7. The number of hydrogen-bond donors (Lipinski definition) is 15. The zero-order valence-corrected chi connectivity index (χ0v) is 44.9. The van der Waals surface area contributed by atoms with Crippen LogP contribution in [-0.2, 0) is 38.3 Å². The minimum absolute atomic E-state index is 0.00535. The fourth-order valence-corrected chi connectivity index (χ4v) is 10.4. The smallest absolute Gasteiger partial charge is 0.333 e. The van der Waals surface area contributed by atoms with Gasteiger partial charge in [-0.25, -0.2) is 4.79 Å². The van der Waals surface area contributed by atoms with Crippen LogP contribution in [0.2, 0.25) is 0 Å². The summed E-state index contributed by atoms with van der Waals surface area (Å²) in [5.74, 6) is -13.7. The third kappa shape index (κ3) is 10.6. The number of amides is 6. The molecule has 0 aliphatic carbocycles. The number of methoxy groups -OCH3 is 1. The number of benzene rings is 7. The van der Waals surface area contributed by atoms with Crippen LogP contribution in [0.5, 0.6) is 69.0 Å². The summed E-state index contributed by atoms with van der Waals surface area (Å²) < 4.78 is 23.5. The highest BCUT2D eigenvalue weighted by atomic mass is 16.5. The van der Waals surface area contributed by atoms with E-state index in [1.807, 2.05) is 0 Å². The van der Waals surface area contributed by atoms with Gasteiger partial charge in [0.05, 0.1) is 7.11 Å². The lowest BCUT2D eigenvalue weighted by Gasteiger charge is -2.31. The Kier molecular flexibility index (Phi) is 14.7. The van der Waals surface area contributed by atoms with Gasteiger partial charge in [0.25, 0.3) is 0 Å². The second kappa shape index (κ2) is 22.2. The van der Waals surface area contributed by atoms with Crippen molar-refractivity contribution in [2.45, 2.75) is 61.4 Å². The van der Waals surface area contributed by atoms with E-state index in [9.17, 15) is 60.0 Å². The Morgan fingerprint density at radius 1 is 0.465 bits per heavy atom. The van der Waals surface area contributed by atoms with Gasteiger partial charge in [-0.05, 0) is 119 Å². The molecule has 26 nitrogen and oxygen atoms in total. The molecule has 7 aromatic carbocycles. The van der Waals surface area contributed by atoms with Crippen LogP contribution in [0, 0.1) is 6.92 Å². The number of nitrogens with one attached hydrogen (secondary N) is 6. The van der Waals surface area contributed by atoms with Crippen molar-refractivity contribution in [3.63, 3.8) is 0 Å². The van der Waals surface area contributed by atoms with Crippen molar-refractivity contribution in [1.29, 1.82) is 0 Å². The third-order valence-corrected chi connectivity index (χ3v) is 15.1. The van der Waals surface area contributed by atoms with E-state index in [0.29, 0.717) is 0 Å². The number of esters is 1. The summed E-state index contributed by atoms with van der Waals surface area (Å²) in [4.78, 5) is 104. The predicted octanol–water partition coefficient (Wildman–Crippen LogP) is 3.57. The zero-order valence-electron chi connectivity index (χ0n) is 44.9. The second-order valence-electron chi connectivity index (χ2n) is 20.5. The molecule has 17 bridgehead atoms. The number of aliphatic hydroxyl groups is 2. The maximum Gasteiger partial charge on any atom is 0.333 e. The molecule has 0 spiro atoms. The normalized spacial score (nSPS) is 22.7. The summed E-state index contributed by atoms with van der Waals surface area (Å²) in [6.07, 6.45) is -3.93. The fourth-order valence-electron chi connectivity index (χ4n) is 10.4. The lowest BCUT2D eigenvalue weighted by Crippen LogP contribution is -2.55. The lowest BCUT2D eigenvalue weighted by atomic mass is 9.89. The number of carbonyl (C=O) groups excluding carboxylic acids is 7. The zero-order chi connectivity index (χ0) is 61.2. The molecule has 0 unspecified atom stereocenters. The van der Waals surface area contributed by atoms with Gasteiger partial charge in [-0.1, -0.05) is 36.4 Å². The van der Waals surface area contributed by atoms with E-state index in [1.54, 1.807) is 0 Å².